The van der Waals surface area contributed by atoms with Crippen molar-refractivity contribution in [2.24, 2.45) is 0 Å². The molecule has 2 aromatic carbocycles. The Hall–Kier alpha value is -2.21. The third-order valence-electron chi connectivity index (χ3n) is 5.85. The van der Waals surface area contributed by atoms with Gasteiger partial charge < -0.3 is 10.1 Å². The van der Waals surface area contributed by atoms with Gasteiger partial charge in [0.1, 0.15) is 0 Å². The van der Waals surface area contributed by atoms with Crippen LogP contribution in [-0.2, 0) is 11.3 Å². The third kappa shape index (κ3) is 6.39. The molecule has 1 N–H and O–H groups in total. The van der Waals surface area contributed by atoms with Crippen LogP contribution in [0.4, 0.5) is 0 Å². The normalized spacial score (nSPS) is 15.9. The number of aryl methyl sites for hydroxylation is 1. The summed E-state index contributed by atoms with van der Waals surface area (Å²) in [5.41, 5.74) is 4.30. The zero-order chi connectivity index (χ0) is 21.3. The van der Waals surface area contributed by atoms with Gasteiger partial charge in [-0.2, -0.15) is 0 Å². The summed E-state index contributed by atoms with van der Waals surface area (Å²) >= 11 is 0. The number of amides is 1. The van der Waals surface area contributed by atoms with Crippen LogP contribution >= 0.6 is 0 Å². The molecular formula is C25H35N3O2. The van der Waals surface area contributed by atoms with Crippen LogP contribution in [0.3, 0.4) is 0 Å². The Kier molecular flexibility index (Phi) is 8.43. The molecule has 1 saturated heterocycles. The number of ether oxygens (including phenoxy) is 1. The fraction of sp³-hybridized carbons (Fsp3) is 0.480. The molecule has 0 radical (unpaired) electrons. The SMILES string of the molecule is CCN(CC)Cc1ccc(C(=O)NC(CN2CCOCC2)c2ccc(C)cc2)cc1. The second-order valence-electron chi connectivity index (χ2n) is 8.01. The van der Waals surface area contributed by atoms with Crippen molar-refractivity contribution in [2.45, 2.75) is 33.4 Å². The molecule has 0 aliphatic carbocycles. The number of nitrogens with one attached hydrogen (secondary N) is 1. The van der Waals surface area contributed by atoms with E-state index in [0.29, 0.717) is 5.56 Å². The molecule has 1 amide bonds. The van der Waals surface area contributed by atoms with Gasteiger partial charge in [0.05, 0.1) is 19.3 Å². The average Bonchev–Trinajstić information content (AvgIpc) is 2.78. The summed E-state index contributed by atoms with van der Waals surface area (Å²) in [6, 6.07) is 16.4. The first-order chi connectivity index (χ1) is 14.6. The lowest BCUT2D eigenvalue weighted by Crippen LogP contribution is -2.43. The first kappa shape index (κ1) is 22.5. The molecule has 1 unspecified atom stereocenters. The Labute approximate surface area is 181 Å². The smallest absolute Gasteiger partial charge is 0.251 e. The number of morpholine rings is 1. The second kappa shape index (κ2) is 11.3. The van der Waals surface area contributed by atoms with Gasteiger partial charge in [-0.05, 0) is 43.3 Å². The van der Waals surface area contributed by atoms with E-state index in [1.165, 1.54) is 11.1 Å². The van der Waals surface area contributed by atoms with Crippen molar-refractivity contribution in [3.8, 4) is 0 Å². The molecule has 162 valence electrons. The lowest BCUT2D eigenvalue weighted by molar-refractivity contribution is 0.0332. The van der Waals surface area contributed by atoms with E-state index >= 15 is 0 Å². The van der Waals surface area contributed by atoms with Crippen LogP contribution in [0.5, 0.6) is 0 Å². The number of carbonyl (C=O) groups excluding carboxylic acids is 1. The number of hydrogen-bond acceptors (Lipinski definition) is 4. The summed E-state index contributed by atoms with van der Waals surface area (Å²) in [7, 11) is 0. The Balaban J connectivity index is 1.69. The van der Waals surface area contributed by atoms with Crippen molar-refractivity contribution in [1.82, 2.24) is 15.1 Å². The van der Waals surface area contributed by atoms with E-state index in [1.54, 1.807) is 0 Å². The zero-order valence-corrected chi connectivity index (χ0v) is 18.6. The number of carbonyl (C=O) groups is 1. The van der Waals surface area contributed by atoms with Gasteiger partial charge in [0.2, 0.25) is 0 Å². The van der Waals surface area contributed by atoms with E-state index < -0.39 is 0 Å². The van der Waals surface area contributed by atoms with E-state index in [4.69, 9.17) is 4.74 Å². The molecule has 1 fully saturated rings. The quantitative estimate of drug-likeness (QED) is 0.687. The average molecular weight is 410 g/mol. The largest absolute Gasteiger partial charge is 0.379 e. The molecule has 5 nitrogen and oxygen atoms in total. The fourth-order valence-corrected chi connectivity index (χ4v) is 3.78. The maximum atomic E-state index is 13.0. The molecule has 0 bridgehead atoms. The van der Waals surface area contributed by atoms with E-state index in [9.17, 15) is 4.79 Å². The summed E-state index contributed by atoms with van der Waals surface area (Å²) in [6.07, 6.45) is 0. The van der Waals surface area contributed by atoms with Crippen molar-refractivity contribution in [2.75, 3.05) is 45.9 Å². The summed E-state index contributed by atoms with van der Waals surface area (Å²) in [4.78, 5) is 17.7. The first-order valence-electron chi connectivity index (χ1n) is 11.1. The van der Waals surface area contributed by atoms with Gasteiger partial charge in [0.15, 0.2) is 0 Å². The number of rotatable bonds is 9. The maximum absolute atomic E-state index is 13.0. The van der Waals surface area contributed by atoms with Crippen LogP contribution in [0.25, 0.3) is 0 Å². The molecule has 1 aliphatic rings. The van der Waals surface area contributed by atoms with Crippen LogP contribution in [0, 0.1) is 6.92 Å². The summed E-state index contributed by atoms with van der Waals surface area (Å²) < 4.78 is 5.48. The summed E-state index contributed by atoms with van der Waals surface area (Å²) in [5, 5.41) is 3.27. The maximum Gasteiger partial charge on any atom is 0.251 e. The predicted molar refractivity (Wildman–Crippen MR) is 122 cm³/mol. The highest BCUT2D eigenvalue weighted by molar-refractivity contribution is 5.94. The molecule has 0 spiro atoms. The highest BCUT2D eigenvalue weighted by Crippen LogP contribution is 2.18. The highest BCUT2D eigenvalue weighted by atomic mass is 16.5. The second-order valence-corrected chi connectivity index (χ2v) is 8.01. The Morgan fingerprint density at radius 1 is 1.03 bits per heavy atom. The van der Waals surface area contributed by atoms with E-state index in [2.05, 4.69) is 72.3 Å². The molecule has 1 heterocycles. The molecule has 0 aromatic heterocycles. The van der Waals surface area contributed by atoms with Gasteiger partial charge in [-0.1, -0.05) is 55.8 Å². The van der Waals surface area contributed by atoms with Crippen LogP contribution in [0.2, 0.25) is 0 Å². The Bertz CT molecular complexity index is 779. The van der Waals surface area contributed by atoms with Gasteiger partial charge in [-0.3, -0.25) is 14.6 Å². The Morgan fingerprint density at radius 3 is 2.27 bits per heavy atom. The summed E-state index contributed by atoms with van der Waals surface area (Å²) in [5.74, 6) is -0.0248. The molecule has 3 rings (SSSR count). The van der Waals surface area contributed by atoms with Gasteiger partial charge in [0, 0.05) is 31.7 Å². The van der Waals surface area contributed by atoms with Crippen molar-refractivity contribution in [1.29, 1.82) is 0 Å². The molecule has 5 heteroatoms. The number of nitrogens with zero attached hydrogens (tertiary/aromatic N) is 2. The lowest BCUT2D eigenvalue weighted by Gasteiger charge is -2.31. The van der Waals surface area contributed by atoms with E-state index in [-0.39, 0.29) is 11.9 Å². The minimum Gasteiger partial charge on any atom is -0.379 e. The van der Waals surface area contributed by atoms with Crippen LogP contribution < -0.4 is 5.32 Å². The standard InChI is InChI=1S/C25H35N3O2/c1-4-27(5-2)18-21-8-12-23(13-9-21)25(29)26-24(19-28-14-16-30-17-15-28)22-10-6-20(3)7-11-22/h6-13,24H,4-5,14-19H2,1-3H3,(H,26,29). The van der Waals surface area contributed by atoms with Gasteiger partial charge in [-0.25, -0.2) is 0 Å². The topological polar surface area (TPSA) is 44.8 Å². The minimum atomic E-state index is -0.0495. The summed E-state index contributed by atoms with van der Waals surface area (Å²) in [6.45, 7) is 13.5. The molecule has 2 aromatic rings. The van der Waals surface area contributed by atoms with E-state index in [1.807, 2.05) is 12.1 Å². The molecule has 0 saturated carbocycles. The van der Waals surface area contributed by atoms with Gasteiger partial charge in [-0.15, -0.1) is 0 Å². The molecule has 1 aliphatic heterocycles. The van der Waals surface area contributed by atoms with Crippen molar-refractivity contribution >= 4 is 5.91 Å². The molecule has 1 atom stereocenters. The third-order valence-corrected chi connectivity index (χ3v) is 5.85. The highest BCUT2D eigenvalue weighted by Gasteiger charge is 2.21. The monoisotopic (exact) mass is 409 g/mol. The lowest BCUT2D eigenvalue weighted by atomic mass is 10.0. The first-order valence-corrected chi connectivity index (χ1v) is 11.1. The Morgan fingerprint density at radius 2 is 1.67 bits per heavy atom. The molecule has 30 heavy (non-hydrogen) atoms. The van der Waals surface area contributed by atoms with Crippen LogP contribution in [-0.4, -0.2) is 61.6 Å². The van der Waals surface area contributed by atoms with Crippen LogP contribution in [0.1, 0.15) is 46.9 Å². The van der Waals surface area contributed by atoms with Gasteiger partial charge >= 0.3 is 0 Å². The fourth-order valence-electron chi connectivity index (χ4n) is 3.78. The van der Waals surface area contributed by atoms with Crippen molar-refractivity contribution in [3.05, 3.63) is 70.8 Å². The van der Waals surface area contributed by atoms with Crippen LogP contribution in [0.15, 0.2) is 48.5 Å². The van der Waals surface area contributed by atoms with Crippen molar-refractivity contribution < 1.29 is 9.53 Å². The molecular weight excluding hydrogens is 374 g/mol. The van der Waals surface area contributed by atoms with E-state index in [0.717, 1.165) is 58.0 Å². The zero-order valence-electron chi connectivity index (χ0n) is 18.6. The predicted octanol–water partition coefficient (Wildman–Crippen LogP) is 3.64. The number of benzene rings is 2. The minimum absolute atomic E-state index is 0.0248. The van der Waals surface area contributed by atoms with Crippen molar-refractivity contribution in [3.63, 3.8) is 0 Å². The van der Waals surface area contributed by atoms with Gasteiger partial charge in [0.25, 0.3) is 5.91 Å². The number of hydrogen-bond donors (Lipinski definition) is 1.